The lowest BCUT2D eigenvalue weighted by molar-refractivity contribution is 0.101. The van der Waals surface area contributed by atoms with Gasteiger partial charge in [0.15, 0.2) is 0 Å². The number of benzene rings is 3. The molecule has 5 heteroatoms. The highest BCUT2D eigenvalue weighted by atomic mass is 16.5. The molecule has 148 valence electrons. The molecule has 3 aromatic rings. The molecular weight excluding hydrogens is 364 g/mol. The van der Waals surface area contributed by atoms with Gasteiger partial charge >= 0.3 is 0 Å². The zero-order chi connectivity index (χ0) is 20.8. The molecule has 0 fully saturated rings. The molecule has 3 aromatic carbocycles. The van der Waals surface area contributed by atoms with Gasteiger partial charge in [-0.05, 0) is 53.9 Å². The zero-order valence-electron chi connectivity index (χ0n) is 16.7. The van der Waals surface area contributed by atoms with E-state index in [9.17, 15) is 9.59 Å². The highest BCUT2D eigenvalue weighted by Crippen LogP contribution is 2.25. The molecule has 0 spiro atoms. The van der Waals surface area contributed by atoms with Crippen molar-refractivity contribution in [3.63, 3.8) is 0 Å². The SMILES string of the molecule is COc1ccccc1NC(=O)c1ccc(C(=O)Nc2ccccc2C(C)C)cc1. The molecule has 0 heterocycles. The molecule has 2 amide bonds. The average molecular weight is 388 g/mol. The largest absolute Gasteiger partial charge is 0.495 e. The molecule has 0 aromatic heterocycles. The number of ether oxygens (including phenoxy) is 1. The van der Waals surface area contributed by atoms with E-state index in [-0.39, 0.29) is 11.8 Å². The molecule has 0 aliphatic rings. The lowest BCUT2D eigenvalue weighted by Crippen LogP contribution is -2.15. The minimum Gasteiger partial charge on any atom is -0.495 e. The number of hydrogen-bond donors (Lipinski definition) is 2. The summed E-state index contributed by atoms with van der Waals surface area (Å²) in [5.74, 6) is 0.398. The third-order valence-corrected chi connectivity index (χ3v) is 4.60. The Morgan fingerprint density at radius 2 is 1.21 bits per heavy atom. The number of para-hydroxylation sites is 3. The monoisotopic (exact) mass is 388 g/mol. The third kappa shape index (κ3) is 4.82. The van der Waals surface area contributed by atoms with Crippen LogP contribution in [0, 0.1) is 0 Å². The first kappa shape index (κ1) is 20.1. The summed E-state index contributed by atoms with van der Waals surface area (Å²) < 4.78 is 5.25. The van der Waals surface area contributed by atoms with Crippen LogP contribution in [0.2, 0.25) is 0 Å². The molecular formula is C24H24N2O3. The number of anilines is 2. The maximum atomic E-state index is 12.6. The zero-order valence-corrected chi connectivity index (χ0v) is 16.7. The number of carbonyl (C=O) groups excluding carboxylic acids is 2. The van der Waals surface area contributed by atoms with Crippen molar-refractivity contribution in [2.75, 3.05) is 17.7 Å². The van der Waals surface area contributed by atoms with E-state index in [0.717, 1.165) is 11.3 Å². The van der Waals surface area contributed by atoms with Crippen LogP contribution in [0.15, 0.2) is 72.8 Å². The highest BCUT2D eigenvalue weighted by Gasteiger charge is 2.13. The number of rotatable bonds is 6. The summed E-state index contributed by atoms with van der Waals surface area (Å²) >= 11 is 0. The van der Waals surface area contributed by atoms with E-state index in [2.05, 4.69) is 24.5 Å². The van der Waals surface area contributed by atoms with Crippen LogP contribution in [0.5, 0.6) is 5.75 Å². The molecule has 0 unspecified atom stereocenters. The number of methoxy groups -OCH3 is 1. The molecule has 0 atom stereocenters. The van der Waals surface area contributed by atoms with Crippen molar-refractivity contribution in [3.05, 3.63) is 89.5 Å². The quantitative estimate of drug-likeness (QED) is 0.600. The van der Waals surface area contributed by atoms with E-state index in [1.807, 2.05) is 36.4 Å². The van der Waals surface area contributed by atoms with Crippen molar-refractivity contribution >= 4 is 23.2 Å². The fraction of sp³-hybridized carbons (Fsp3) is 0.167. The van der Waals surface area contributed by atoms with Crippen LogP contribution in [0.25, 0.3) is 0 Å². The van der Waals surface area contributed by atoms with Crippen LogP contribution in [0.1, 0.15) is 46.0 Å². The van der Waals surface area contributed by atoms with Crippen molar-refractivity contribution in [2.45, 2.75) is 19.8 Å². The molecule has 0 aliphatic heterocycles. The predicted molar refractivity (Wildman–Crippen MR) is 116 cm³/mol. The molecule has 0 saturated heterocycles. The summed E-state index contributed by atoms with van der Waals surface area (Å²) in [6, 6.07) is 21.5. The Morgan fingerprint density at radius 3 is 1.76 bits per heavy atom. The molecule has 0 aliphatic carbocycles. The van der Waals surface area contributed by atoms with Gasteiger partial charge in [-0.1, -0.05) is 44.2 Å². The van der Waals surface area contributed by atoms with Crippen molar-refractivity contribution in [1.29, 1.82) is 0 Å². The van der Waals surface area contributed by atoms with Gasteiger partial charge in [-0.15, -0.1) is 0 Å². The number of hydrogen-bond acceptors (Lipinski definition) is 3. The molecule has 29 heavy (non-hydrogen) atoms. The molecule has 2 N–H and O–H groups in total. The van der Waals surface area contributed by atoms with Crippen LogP contribution < -0.4 is 15.4 Å². The van der Waals surface area contributed by atoms with E-state index in [4.69, 9.17) is 4.74 Å². The number of amides is 2. The summed E-state index contributed by atoms with van der Waals surface area (Å²) in [6.45, 7) is 4.17. The van der Waals surface area contributed by atoms with Gasteiger partial charge in [0.05, 0.1) is 12.8 Å². The minimum absolute atomic E-state index is 0.213. The van der Waals surface area contributed by atoms with Gasteiger partial charge in [0, 0.05) is 16.8 Å². The molecule has 0 radical (unpaired) electrons. The van der Waals surface area contributed by atoms with Gasteiger partial charge in [0.25, 0.3) is 11.8 Å². The average Bonchev–Trinajstić information content (AvgIpc) is 2.74. The number of carbonyl (C=O) groups is 2. The highest BCUT2D eigenvalue weighted by molar-refractivity contribution is 6.07. The predicted octanol–water partition coefficient (Wildman–Crippen LogP) is 5.32. The normalized spacial score (nSPS) is 10.5. The third-order valence-electron chi connectivity index (χ3n) is 4.60. The number of nitrogens with one attached hydrogen (secondary N) is 2. The Kier molecular flexibility index (Phi) is 6.29. The van der Waals surface area contributed by atoms with Crippen molar-refractivity contribution in [3.8, 4) is 5.75 Å². The molecule has 5 nitrogen and oxygen atoms in total. The van der Waals surface area contributed by atoms with Gasteiger partial charge in [0.2, 0.25) is 0 Å². The van der Waals surface area contributed by atoms with Crippen LogP contribution in [0.3, 0.4) is 0 Å². The fourth-order valence-corrected chi connectivity index (χ4v) is 3.02. The Labute approximate surface area is 170 Å². The fourth-order valence-electron chi connectivity index (χ4n) is 3.02. The van der Waals surface area contributed by atoms with Crippen molar-refractivity contribution < 1.29 is 14.3 Å². The van der Waals surface area contributed by atoms with Gasteiger partial charge < -0.3 is 15.4 Å². The second-order valence-corrected chi connectivity index (χ2v) is 6.93. The Morgan fingerprint density at radius 1 is 0.724 bits per heavy atom. The summed E-state index contributed by atoms with van der Waals surface area (Å²) in [6.07, 6.45) is 0. The smallest absolute Gasteiger partial charge is 0.255 e. The van der Waals surface area contributed by atoms with Gasteiger partial charge in [-0.25, -0.2) is 0 Å². The molecule has 0 saturated carbocycles. The first-order chi connectivity index (χ1) is 14.0. The summed E-state index contributed by atoms with van der Waals surface area (Å²) in [7, 11) is 1.55. The Hall–Kier alpha value is -3.60. The van der Waals surface area contributed by atoms with E-state index in [1.54, 1.807) is 43.5 Å². The van der Waals surface area contributed by atoms with Gasteiger partial charge in [0.1, 0.15) is 5.75 Å². The topological polar surface area (TPSA) is 67.4 Å². The van der Waals surface area contributed by atoms with E-state index >= 15 is 0 Å². The first-order valence-corrected chi connectivity index (χ1v) is 9.44. The Bertz CT molecular complexity index is 1010. The maximum Gasteiger partial charge on any atom is 0.255 e. The summed E-state index contributed by atoms with van der Waals surface area (Å²) in [5, 5.41) is 5.78. The second-order valence-electron chi connectivity index (χ2n) is 6.93. The van der Waals surface area contributed by atoms with Crippen molar-refractivity contribution in [1.82, 2.24) is 0 Å². The minimum atomic E-state index is -0.272. The van der Waals surface area contributed by atoms with Crippen LogP contribution in [-0.4, -0.2) is 18.9 Å². The van der Waals surface area contributed by atoms with Gasteiger partial charge in [-0.2, -0.15) is 0 Å². The summed E-state index contributed by atoms with van der Waals surface area (Å²) in [5.41, 5.74) is 3.40. The molecule has 0 bridgehead atoms. The van der Waals surface area contributed by atoms with E-state index in [1.165, 1.54) is 0 Å². The van der Waals surface area contributed by atoms with Gasteiger partial charge in [-0.3, -0.25) is 9.59 Å². The van der Waals surface area contributed by atoms with E-state index < -0.39 is 0 Å². The second kappa shape index (κ2) is 9.06. The molecule has 3 rings (SSSR count). The van der Waals surface area contributed by atoms with Crippen LogP contribution in [0.4, 0.5) is 11.4 Å². The van der Waals surface area contributed by atoms with Crippen LogP contribution in [-0.2, 0) is 0 Å². The van der Waals surface area contributed by atoms with Crippen LogP contribution >= 0.6 is 0 Å². The maximum absolute atomic E-state index is 12.6. The van der Waals surface area contributed by atoms with Crippen molar-refractivity contribution in [2.24, 2.45) is 0 Å². The lowest BCUT2D eigenvalue weighted by atomic mass is 10.0. The van der Waals surface area contributed by atoms with E-state index in [0.29, 0.717) is 28.5 Å². The summed E-state index contributed by atoms with van der Waals surface area (Å²) in [4.78, 5) is 25.1. The first-order valence-electron chi connectivity index (χ1n) is 9.44. The standard InChI is InChI=1S/C24H24N2O3/c1-16(2)19-8-4-5-9-20(19)25-23(27)17-12-14-18(15-13-17)24(28)26-21-10-6-7-11-22(21)29-3/h4-16H,1-3H3,(H,25,27)(H,26,28). The Balaban J connectivity index is 1.71. The lowest BCUT2D eigenvalue weighted by Gasteiger charge is -2.14.